The van der Waals surface area contributed by atoms with E-state index in [-0.39, 0.29) is 18.2 Å². The Labute approximate surface area is 186 Å². The average molecular weight is 435 g/mol. The molecule has 2 fully saturated rings. The van der Waals surface area contributed by atoms with Gasteiger partial charge in [-0.2, -0.15) is 0 Å². The number of hydrogen-bond acceptors (Lipinski definition) is 7. The highest BCUT2D eigenvalue weighted by molar-refractivity contribution is 6.05. The molecule has 0 bridgehead atoms. The van der Waals surface area contributed by atoms with Crippen molar-refractivity contribution in [1.29, 1.82) is 0 Å². The van der Waals surface area contributed by atoms with Crippen molar-refractivity contribution in [3.8, 4) is 0 Å². The fourth-order valence-corrected chi connectivity index (χ4v) is 4.72. The smallest absolute Gasteiger partial charge is 0.255 e. The van der Waals surface area contributed by atoms with Crippen LogP contribution in [0.5, 0.6) is 0 Å². The van der Waals surface area contributed by atoms with E-state index in [1.807, 2.05) is 24.3 Å². The first-order valence-corrected chi connectivity index (χ1v) is 11.1. The van der Waals surface area contributed by atoms with Crippen LogP contribution in [0, 0.1) is 0 Å². The van der Waals surface area contributed by atoms with Crippen LogP contribution in [0.15, 0.2) is 30.5 Å². The zero-order valence-electron chi connectivity index (χ0n) is 17.8. The van der Waals surface area contributed by atoms with Gasteiger partial charge in [-0.3, -0.25) is 19.7 Å². The maximum atomic E-state index is 12.8. The van der Waals surface area contributed by atoms with Gasteiger partial charge >= 0.3 is 0 Å². The maximum Gasteiger partial charge on any atom is 0.255 e. The molecule has 1 aromatic heterocycles. The van der Waals surface area contributed by atoms with Gasteiger partial charge in [0.25, 0.3) is 5.91 Å². The number of carbonyl (C=O) groups excluding carboxylic acids is 3. The van der Waals surface area contributed by atoms with E-state index in [0.717, 1.165) is 42.8 Å². The Kier molecular flexibility index (Phi) is 5.57. The molecule has 5 rings (SSSR count). The molecule has 1 unspecified atom stereocenters. The number of anilines is 1. The Balaban J connectivity index is 1.25. The lowest BCUT2D eigenvalue weighted by atomic mass is 9.94. The third-order valence-corrected chi connectivity index (χ3v) is 6.47. The number of nitrogens with zero attached hydrogens (tertiary/aromatic N) is 3. The lowest BCUT2D eigenvalue weighted by Crippen LogP contribution is -2.52. The summed E-state index contributed by atoms with van der Waals surface area (Å²) in [7, 11) is 0. The Bertz CT molecular complexity index is 1070. The van der Waals surface area contributed by atoms with Crippen LogP contribution in [-0.2, 0) is 22.7 Å². The first-order valence-electron chi connectivity index (χ1n) is 11.1. The molecule has 3 aliphatic rings. The standard InChI is InChI=1S/C23H26N6O3/c30-20-4-3-19(21(31)28-20)29-13-16-11-14(1-2-17(16)22(29)32)12-26-23-25-10-7-18(27-23)15-5-8-24-9-6-15/h1-2,7,10-11,15,19,24H,3-6,8-9,12-13H2,(H,25,26,27)(H,28,30,31). The number of benzene rings is 1. The SMILES string of the molecule is O=C1CCC(N2Cc3cc(CNc4nccc(C5CCNCC5)n4)ccc3C2=O)C(=O)N1. The molecule has 1 aromatic carbocycles. The van der Waals surface area contributed by atoms with Crippen molar-refractivity contribution >= 4 is 23.7 Å². The Morgan fingerprint density at radius 2 is 1.94 bits per heavy atom. The molecule has 3 amide bonds. The van der Waals surface area contributed by atoms with Crippen LogP contribution in [0.3, 0.4) is 0 Å². The second-order valence-corrected chi connectivity index (χ2v) is 8.57. The molecule has 2 aromatic rings. The van der Waals surface area contributed by atoms with Gasteiger partial charge in [-0.05, 0) is 55.6 Å². The number of fused-ring (bicyclic) bond motifs is 1. The number of carbonyl (C=O) groups is 3. The van der Waals surface area contributed by atoms with E-state index in [1.54, 1.807) is 11.1 Å². The maximum absolute atomic E-state index is 12.8. The zero-order chi connectivity index (χ0) is 22.1. The van der Waals surface area contributed by atoms with E-state index in [1.165, 1.54) is 0 Å². The van der Waals surface area contributed by atoms with Crippen molar-refractivity contribution in [3.63, 3.8) is 0 Å². The van der Waals surface area contributed by atoms with E-state index in [2.05, 4.69) is 20.9 Å². The number of imide groups is 1. The minimum absolute atomic E-state index is 0.160. The molecule has 4 heterocycles. The van der Waals surface area contributed by atoms with Gasteiger partial charge in [0, 0.05) is 42.9 Å². The topological polar surface area (TPSA) is 116 Å². The third-order valence-electron chi connectivity index (χ3n) is 6.47. The number of aromatic nitrogens is 2. The summed E-state index contributed by atoms with van der Waals surface area (Å²) in [5, 5.41) is 9.00. The van der Waals surface area contributed by atoms with Crippen LogP contribution in [0.4, 0.5) is 5.95 Å². The summed E-state index contributed by atoms with van der Waals surface area (Å²) in [5.41, 5.74) is 3.59. The molecular formula is C23H26N6O3. The molecule has 0 aliphatic carbocycles. The Morgan fingerprint density at radius 3 is 2.75 bits per heavy atom. The highest BCUT2D eigenvalue weighted by Gasteiger charge is 2.39. The van der Waals surface area contributed by atoms with Crippen LogP contribution in [0.2, 0.25) is 0 Å². The molecule has 9 nitrogen and oxygen atoms in total. The number of nitrogens with one attached hydrogen (secondary N) is 3. The first kappa shape index (κ1) is 20.6. The Hall–Kier alpha value is -3.33. The van der Waals surface area contributed by atoms with E-state index in [4.69, 9.17) is 4.98 Å². The monoisotopic (exact) mass is 434 g/mol. The van der Waals surface area contributed by atoms with E-state index in [9.17, 15) is 14.4 Å². The van der Waals surface area contributed by atoms with Crippen molar-refractivity contribution in [1.82, 2.24) is 25.5 Å². The second-order valence-electron chi connectivity index (χ2n) is 8.57. The number of rotatable bonds is 5. The van der Waals surface area contributed by atoms with Crippen molar-refractivity contribution < 1.29 is 14.4 Å². The van der Waals surface area contributed by atoms with Crippen LogP contribution in [0.1, 0.15) is 58.8 Å². The molecule has 3 aliphatic heterocycles. The quantitative estimate of drug-likeness (QED) is 0.608. The van der Waals surface area contributed by atoms with Crippen LogP contribution < -0.4 is 16.0 Å². The summed E-state index contributed by atoms with van der Waals surface area (Å²) in [6.07, 6.45) is 4.58. The summed E-state index contributed by atoms with van der Waals surface area (Å²) in [6.45, 7) is 2.94. The largest absolute Gasteiger partial charge is 0.350 e. The molecule has 0 radical (unpaired) electrons. The zero-order valence-corrected chi connectivity index (χ0v) is 17.8. The molecule has 1 atom stereocenters. The van der Waals surface area contributed by atoms with Crippen molar-refractivity contribution in [2.24, 2.45) is 0 Å². The molecule has 32 heavy (non-hydrogen) atoms. The molecule has 2 saturated heterocycles. The number of amides is 3. The number of piperidine rings is 2. The van der Waals surface area contributed by atoms with E-state index < -0.39 is 11.9 Å². The minimum Gasteiger partial charge on any atom is -0.350 e. The summed E-state index contributed by atoms with van der Waals surface area (Å²) in [5.74, 6) is 0.226. The predicted octanol–water partition coefficient (Wildman–Crippen LogP) is 1.32. The first-order chi connectivity index (χ1) is 15.6. The fraction of sp³-hybridized carbons (Fsp3) is 0.435. The molecule has 166 valence electrons. The van der Waals surface area contributed by atoms with Crippen molar-refractivity contribution in [2.75, 3.05) is 18.4 Å². The van der Waals surface area contributed by atoms with Gasteiger partial charge in [0.05, 0.1) is 0 Å². The molecule has 9 heteroatoms. The van der Waals surface area contributed by atoms with Crippen LogP contribution in [-0.4, -0.2) is 51.7 Å². The van der Waals surface area contributed by atoms with Gasteiger partial charge in [-0.15, -0.1) is 0 Å². The normalized spacial score (nSPS) is 21.4. The highest BCUT2D eigenvalue weighted by Crippen LogP contribution is 2.28. The Morgan fingerprint density at radius 1 is 1.09 bits per heavy atom. The lowest BCUT2D eigenvalue weighted by Gasteiger charge is -2.29. The van der Waals surface area contributed by atoms with E-state index in [0.29, 0.717) is 36.9 Å². The van der Waals surface area contributed by atoms with Gasteiger partial charge in [0.1, 0.15) is 6.04 Å². The van der Waals surface area contributed by atoms with Crippen LogP contribution in [0.25, 0.3) is 0 Å². The van der Waals surface area contributed by atoms with Gasteiger partial charge in [0.15, 0.2) is 0 Å². The van der Waals surface area contributed by atoms with E-state index >= 15 is 0 Å². The van der Waals surface area contributed by atoms with Crippen LogP contribution >= 0.6 is 0 Å². The van der Waals surface area contributed by atoms with Gasteiger partial charge in [0.2, 0.25) is 17.8 Å². The minimum atomic E-state index is -0.597. The average Bonchev–Trinajstić information content (AvgIpc) is 3.14. The van der Waals surface area contributed by atoms with Crippen molar-refractivity contribution in [3.05, 3.63) is 52.8 Å². The summed E-state index contributed by atoms with van der Waals surface area (Å²) < 4.78 is 0. The fourth-order valence-electron chi connectivity index (χ4n) is 4.72. The second kappa shape index (κ2) is 8.66. The van der Waals surface area contributed by atoms with Gasteiger partial charge in [-0.25, -0.2) is 9.97 Å². The predicted molar refractivity (Wildman–Crippen MR) is 117 cm³/mol. The highest BCUT2D eigenvalue weighted by atomic mass is 16.2. The lowest BCUT2D eigenvalue weighted by molar-refractivity contribution is -0.136. The molecule has 0 saturated carbocycles. The number of hydrogen-bond donors (Lipinski definition) is 3. The summed E-state index contributed by atoms with van der Waals surface area (Å²) in [6, 6.07) is 7.11. The molecule has 3 N–H and O–H groups in total. The summed E-state index contributed by atoms with van der Waals surface area (Å²) in [4.78, 5) is 47.1. The third kappa shape index (κ3) is 4.08. The van der Waals surface area contributed by atoms with Gasteiger partial charge < -0.3 is 15.5 Å². The molecule has 0 spiro atoms. The van der Waals surface area contributed by atoms with Gasteiger partial charge in [-0.1, -0.05) is 12.1 Å². The summed E-state index contributed by atoms with van der Waals surface area (Å²) >= 11 is 0. The van der Waals surface area contributed by atoms with Crippen molar-refractivity contribution in [2.45, 2.75) is 50.7 Å². The molecular weight excluding hydrogens is 408 g/mol.